The zero-order valence-corrected chi connectivity index (χ0v) is 12.8. The van der Waals surface area contributed by atoms with Crippen molar-refractivity contribution in [1.29, 1.82) is 0 Å². The van der Waals surface area contributed by atoms with E-state index in [0.29, 0.717) is 0 Å². The van der Waals surface area contributed by atoms with Gasteiger partial charge in [0, 0.05) is 6.54 Å². The van der Waals surface area contributed by atoms with Gasteiger partial charge in [0.25, 0.3) is 0 Å². The average Bonchev–Trinajstić information content (AvgIpc) is 2.50. The third-order valence-corrected chi connectivity index (χ3v) is 4.03. The minimum atomic E-state index is -0.650. The van der Waals surface area contributed by atoms with Crippen LogP contribution < -0.4 is 4.74 Å². The molecule has 0 spiro atoms. The molecule has 4 heteroatoms. The Morgan fingerprint density at radius 3 is 2.52 bits per heavy atom. The molecule has 0 atom stereocenters. The van der Waals surface area contributed by atoms with Crippen molar-refractivity contribution < 1.29 is 14.6 Å². The minimum absolute atomic E-state index is 0.157. The van der Waals surface area contributed by atoms with Crippen molar-refractivity contribution in [3.05, 3.63) is 29.8 Å². The Bertz CT molecular complexity index is 436. The highest BCUT2D eigenvalue weighted by molar-refractivity contribution is 5.70. The maximum atomic E-state index is 10.9. The Kier molecular flexibility index (Phi) is 6.05. The lowest BCUT2D eigenvalue weighted by Gasteiger charge is -2.30. The van der Waals surface area contributed by atoms with Gasteiger partial charge in [0.15, 0.2) is 0 Å². The number of nitrogens with zero attached hydrogens (tertiary/aromatic N) is 1. The molecular weight excluding hydrogens is 266 g/mol. The van der Waals surface area contributed by atoms with Crippen molar-refractivity contribution in [2.24, 2.45) is 5.92 Å². The fourth-order valence-electron chi connectivity index (χ4n) is 2.62. The van der Waals surface area contributed by atoms with Gasteiger partial charge in [0.05, 0.1) is 12.5 Å². The molecular formula is C17H25NO3. The fraction of sp³-hybridized carbons (Fsp3) is 0.588. The van der Waals surface area contributed by atoms with Crippen LogP contribution in [0.2, 0.25) is 0 Å². The highest BCUT2D eigenvalue weighted by Crippen LogP contribution is 2.20. The van der Waals surface area contributed by atoms with Gasteiger partial charge in [-0.3, -0.25) is 9.69 Å². The molecule has 0 bridgehead atoms. The van der Waals surface area contributed by atoms with Gasteiger partial charge in [-0.15, -0.1) is 0 Å². The Labute approximate surface area is 126 Å². The number of benzene rings is 1. The van der Waals surface area contributed by atoms with Crippen LogP contribution in [0.5, 0.6) is 5.75 Å². The number of unbranched alkanes of at least 4 members (excludes halogenated alkanes) is 1. The summed E-state index contributed by atoms with van der Waals surface area (Å²) in [5, 5.41) is 9.00. The number of carbonyl (C=O) groups is 1. The number of carboxylic acid groups (broad SMARTS) is 1. The predicted molar refractivity (Wildman–Crippen MR) is 82.5 cm³/mol. The van der Waals surface area contributed by atoms with Crippen molar-refractivity contribution in [3.8, 4) is 5.75 Å². The van der Waals surface area contributed by atoms with Gasteiger partial charge in [-0.1, -0.05) is 25.5 Å². The first-order valence-electron chi connectivity index (χ1n) is 7.86. The lowest BCUT2D eigenvalue weighted by atomic mass is 9.97. The number of rotatable bonds is 7. The second kappa shape index (κ2) is 8.03. The SMILES string of the molecule is CCCCOc1ccc(CN2CCC(C(=O)O)CC2)cc1. The molecule has 2 rings (SSSR count). The third-order valence-electron chi connectivity index (χ3n) is 4.03. The molecule has 1 aromatic rings. The summed E-state index contributed by atoms with van der Waals surface area (Å²) in [4.78, 5) is 13.3. The summed E-state index contributed by atoms with van der Waals surface area (Å²) in [6.07, 6.45) is 3.74. The molecule has 116 valence electrons. The topological polar surface area (TPSA) is 49.8 Å². The van der Waals surface area contributed by atoms with E-state index in [9.17, 15) is 4.79 Å². The number of carboxylic acids is 1. The lowest BCUT2D eigenvalue weighted by Crippen LogP contribution is -2.35. The number of hydrogen-bond acceptors (Lipinski definition) is 3. The Morgan fingerprint density at radius 2 is 1.95 bits per heavy atom. The summed E-state index contributed by atoms with van der Waals surface area (Å²) in [6.45, 7) is 5.55. The van der Waals surface area contributed by atoms with Gasteiger partial charge in [0.1, 0.15) is 5.75 Å². The number of likely N-dealkylation sites (tertiary alicyclic amines) is 1. The van der Waals surface area contributed by atoms with E-state index < -0.39 is 5.97 Å². The normalized spacial score (nSPS) is 16.8. The van der Waals surface area contributed by atoms with Crippen molar-refractivity contribution >= 4 is 5.97 Å². The molecule has 0 aromatic heterocycles. The van der Waals surface area contributed by atoms with E-state index in [1.54, 1.807) is 0 Å². The van der Waals surface area contributed by atoms with Crippen LogP contribution in [0.25, 0.3) is 0 Å². The molecule has 1 aliphatic heterocycles. The first kappa shape index (κ1) is 15.8. The van der Waals surface area contributed by atoms with E-state index in [-0.39, 0.29) is 5.92 Å². The van der Waals surface area contributed by atoms with E-state index in [1.165, 1.54) is 5.56 Å². The zero-order valence-electron chi connectivity index (χ0n) is 12.8. The molecule has 0 aliphatic carbocycles. The third kappa shape index (κ3) is 5.05. The Balaban J connectivity index is 1.77. The van der Waals surface area contributed by atoms with Gasteiger partial charge in [-0.05, 0) is 50.0 Å². The molecule has 1 aromatic carbocycles. The summed E-state index contributed by atoms with van der Waals surface area (Å²) in [5.41, 5.74) is 1.26. The highest BCUT2D eigenvalue weighted by atomic mass is 16.5. The number of aliphatic carboxylic acids is 1. The van der Waals surface area contributed by atoms with Crippen LogP contribution >= 0.6 is 0 Å². The van der Waals surface area contributed by atoms with Gasteiger partial charge in [0.2, 0.25) is 0 Å². The smallest absolute Gasteiger partial charge is 0.306 e. The molecule has 1 aliphatic rings. The molecule has 1 heterocycles. The van der Waals surface area contributed by atoms with Crippen LogP contribution in [0, 0.1) is 5.92 Å². The summed E-state index contributed by atoms with van der Waals surface area (Å²) in [5.74, 6) is 0.121. The van der Waals surface area contributed by atoms with Crippen molar-refractivity contribution in [3.63, 3.8) is 0 Å². The van der Waals surface area contributed by atoms with Crippen LogP contribution in [0.4, 0.5) is 0 Å². The molecule has 1 fully saturated rings. The molecule has 0 radical (unpaired) electrons. The average molecular weight is 291 g/mol. The Hall–Kier alpha value is -1.55. The summed E-state index contributed by atoms with van der Waals surface area (Å²) in [7, 11) is 0. The van der Waals surface area contributed by atoms with E-state index in [4.69, 9.17) is 9.84 Å². The van der Waals surface area contributed by atoms with Gasteiger partial charge < -0.3 is 9.84 Å². The van der Waals surface area contributed by atoms with Gasteiger partial charge in [-0.2, -0.15) is 0 Å². The molecule has 1 N–H and O–H groups in total. The van der Waals surface area contributed by atoms with Crippen LogP contribution in [-0.2, 0) is 11.3 Å². The first-order chi connectivity index (χ1) is 10.2. The second-order valence-corrected chi connectivity index (χ2v) is 5.73. The summed E-state index contributed by atoms with van der Waals surface area (Å²) >= 11 is 0. The predicted octanol–water partition coefficient (Wildman–Crippen LogP) is 3.16. The highest BCUT2D eigenvalue weighted by Gasteiger charge is 2.24. The van der Waals surface area contributed by atoms with E-state index >= 15 is 0 Å². The molecule has 21 heavy (non-hydrogen) atoms. The summed E-state index contributed by atoms with van der Waals surface area (Å²) < 4.78 is 5.65. The lowest BCUT2D eigenvalue weighted by molar-refractivity contribution is -0.143. The minimum Gasteiger partial charge on any atom is -0.494 e. The quantitative estimate of drug-likeness (QED) is 0.784. The van der Waals surface area contributed by atoms with Crippen molar-refractivity contribution in [2.75, 3.05) is 19.7 Å². The van der Waals surface area contributed by atoms with Crippen LogP contribution in [0.15, 0.2) is 24.3 Å². The fourth-order valence-corrected chi connectivity index (χ4v) is 2.62. The van der Waals surface area contributed by atoms with Crippen LogP contribution in [-0.4, -0.2) is 35.7 Å². The first-order valence-corrected chi connectivity index (χ1v) is 7.86. The Morgan fingerprint density at radius 1 is 1.29 bits per heavy atom. The van der Waals surface area contributed by atoms with E-state index in [0.717, 1.165) is 57.7 Å². The van der Waals surface area contributed by atoms with Gasteiger partial charge in [-0.25, -0.2) is 0 Å². The van der Waals surface area contributed by atoms with Crippen molar-refractivity contribution in [1.82, 2.24) is 4.90 Å². The van der Waals surface area contributed by atoms with Gasteiger partial charge >= 0.3 is 5.97 Å². The second-order valence-electron chi connectivity index (χ2n) is 5.73. The summed E-state index contributed by atoms with van der Waals surface area (Å²) in [6, 6.07) is 8.25. The van der Waals surface area contributed by atoms with E-state index in [1.807, 2.05) is 12.1 Å². The zero-order chi connectivity index (χ0) is 15.1. The molecule has 0 amide bonds. The molecule has 1 saturated heterocycles. The van der Waals surface area contributed by atoms with Crippen molar-refractivity contribution in [2.45, 2.75) is 39.2 Å². The maximum absolute atomic E-state index is 10.9. The van der Waals surface area contributed by atoms with Crippen LogP contribution in [0.1, 0.15) is 38.2 Å². The van der Waals surface area contributed by atoms with E-state index in [2.05, 4.69) is 24.0 Å². The molecule has 0 saturated carbocycles. The molecule has 0 unspecified atom stereocenters. The molecule has 4 nitrogen and oxygen atoms in total. The maximum Gasteiger partial charge on any atom is 0.306 e. The number of ether oxygens (including phenoxy) is 1. The largest absolute Gasteiger partial charge is 0.494 e. The number of piperidine rings is 1. The number of hydrogen-bond donors (Lipinski definition) is 1. The van der Waals surface area contributed by atoms with Crippen LogP contribution in [0.3, 0.4) is 0 Å². The standard InChI is InChI=1S/C17H25NO3/c1-2-3-12-21-16-6-4-14(5-7-16)13-18-10-8-15(9-11-18)17(19)20/h4-7,15H,2-3,8-13H2,1H3,(H,19,20). The monoisotopic (exact) mass is 291 g/mol.